The quantitative estimate of drug-likeness (QED) is 0.710. The summed E-state index contributed by atoms with van der Waals surface area (Å²) in [5.74, 6) is -0.294. The van der Waals surface area contributed by atoms with Crippen LogP contribution in [0.15, 0.2) is 48.5 Å². The summed E-state index contributed by atoms with van der Waals surface area (Å²) >= 11 is 11.9. The molecular weight excluding hydrogens is 319 g/mol. The minimum absolute atomic E-state index is 0.294. The van der Waals surface area contributed by atoms with E-state index in [1.165, 1.54) is 0 Å². The molecule has 1 heterocycles. The maximum absolute atomic E-state index is 12.4. The van der Waals surface area contributed by atoms with E-state index >= 15 is 0 Å². The van der Waals surface area contributed by atoms with Gasteiger partial charge in [0.1, 0.15) is 0 Å². The van der Waals surface area contributed by atoms with Gasteiger partial charge in [0.05, 0.1) is 21.8 Å². The zero-order valence-electron chi connectivity index (χ0n) is 11.7. The largest absolute Gasteiger partial charge is 0.320 e. The van der Waals surface area contributed by atoms with Gasteiger partial charge in [-0.15, -0.1) is 0 Å². The molecule has 0 unspecified atom stereocenters. The predicted molar refractivity (Wildman–Crippen MR) is 90.9 cm³/mol. The molecule has 0 radical (unpaired) electrons. The Morgan fingerprint density at radius 2 is 1.91 bits per heavy atom. The molecule has 0 bridgehead atoms. The van der Waals surface area contributed by atoms with E-state index in [9.17, 15) is 4.79 Å². The van der Waals surface area contributed by atoms with Crippen LogP contribution in [0.25, 0.3) is 10.9 Å². The summed E-state index contributed by atoms with van der Waals surface area (Å²) < 4.78 is 0. The van der Waals surface area contributed by atoms with E-state index in [-0.39, 0.29) is 5.91 Å². The fraction of sp³-hybridized carbons (Fsp3) is 0.0588. The Labute approximate surface area is 137 Å². The van der Waals surface area contributed by atoms with Crippen LogP contribution in [0, 0.1) is 6.92 Å². The molecule has 1 N–H and O–H groups in total. The molecule has 5 heteroatoms. The lowest BCUT2D eigenvalue weighted by molar-refractivity contribution is 0.102. The number of carbonyl (C=O) groups is 1. The number of amides is 1. The summed E-state index contributed by atoms with van der Waals surface area (Å²) in [5, 5.41) is 4.63. The van der Waals surface area contributed by atoms with Crippen molar-refractivity contribution in [3.05, 3.63) is 69.8 Å². The first-order valence-corrected chi connectivity index (χ1v) is 7.43. The summed E-state index contributed by atoms with van der Waals surface area (Å²) in [6, 6.07) is 14.3. The van der Waals surface area contributed by atoms with Crippen LogP contribution in [0.4, 0.5) is 5.69 Å². The third-order valence-corrected chi connectivity index (χ3v) is 3.83. The van der Waals surface area contributed by atoms with Crippen LogP contribution in [0.2, 0.25) is 10.0 Å². The third-order valence-electron chi connectivity index (χ3n) is 3.28. The van der Waals surface area contributed by atoms with E-state index in [1.807, 2.05) is 37.3 Å². The van der Waals surface area contributed by atoms with Gasteiger partial charge in [-0.2, -0.15) is 0 Å². The molecule has 0 aliphatic rings. The molecule has 0 fully saturated rings. The van der Waals surface area contributed by atoms with Gasteiger partial charge in [-0.05, 0) is 37.3 Å². The second kappa shape index (κ2) is 5.95. The number of carbonyl (C=O) groups excluding carboxylic acids is 1. The third kappa shape index (κ3) is 2.91. The fourth-order valence-corrected chi connectivity index (χ4v) is 2.70. The average molecular weight is 331 g/mol. The number of rotatable bonds is 2. The molecule has 0 saturated carbocycles. The van der Waals surface area contributed by atoms with Gasteiger partial charge in [-0.3, -0.25) is 9.78 Å². The van der Waals surface area contributed by atoms with Crippen LogP contribution in [-0.2, 0) is 0 Å². The molecule has 110 valence electrons. The van der Waals surface area contributed by atoms with Gasteiger partial charge in [0.15, 0.2) is 0 Å². The molecule has 1 amide bonds. The molecule has 0 aliphatic heterocycles. The highest BCUT2D eigenvalue weighted by Gasteiger charge is 2.13. The molecule has 22 heavy (non-hydrogen) atoms. The average Bonchev–Trinajstić information content (AvgIpc) is 2.47. The maximum Gasteiger partial charge on any atom is 0.257 e. The number of hydrogen-bond acceptors (Lipinski definition) is 2. The van der Waals surface area contributed by atoms with Crippen LogP contribution in [0.1, 0.15) is 16.1 Å². The lowest BCUT2D eigenvalue weighted by Gasteiger charge is -2.10. The molecule has 3 aromatic rings. The normalized spacial score (nSPS) is 10.7. The van der Waals surface area contributed by atoms with E-state index in [1.54, 1.807) is 18.2 Å². The van der Waals surface area contributed by atoms with Gasteiger partial charge in [0, 0.05) is 16.1 Å². The summed E-state index contributed by atoms with van der Waals surface area (Å²) in [7, 11) is 0. The first-order chi connectivity index (χ1) is 10.5. The molecule has 2 aromatic carbocycles. The second-order valence-corrected chi connectivity index (χ2v) is 5.75. The highest BCUT2D eigenvalue weighted by molar-refractivity contribution is 6.37. The SMILES string of the molecule is Cc1ccc2cccc(NC(=O)c3ccc(Cl)cc3Cl)c2n1. The van der Waals surface area contributed by atoms with Crippen molar-refractivity contribution in [1.82, 2.24) is 4.98 Å². The smallest absolute Gasteiger partial charge is 0.257 e. The van der Waals surface area contributed by atoms with Crippen molar-refractivity contribution in [2.45, 2.75) is 6.92 Å². The number of aromatic nitrogens is 1. The minimum Gasteiger partial charge on any atom is -0.320 e. The zero-order valence-corrected chi connectivity index (χ0v) is 13.2. The van der Waals surface area contributed by atoms with Gasteiger partial charge in [-0.25, -0.2) is 0 Å². The van der Waals surface area contributed by atoms with E-state index < -0.39 is 0 Å². The summed E-state index contributed by atoms with van der Waals surface area (Å²) in [5.41, 5.74) is 2.66. The molecule has 0 aliphatic carbocycles. The second-order valence-electron chi connectivity index (χ2n) is 4.91. The Morgan fingerprint density at radius 3 is 2.68 bits per heavy atom. The highest BCUT2D eigenvalue weighted by atomic mass is 35.5. The first-order valence-electron chi connectivity index (χ1n) is 6.67. The van der Waals surface area contributed by atoms with E-state index in [4.69, 9.17) is 23.2 Å². The van der Waals surface area contributed by atoms with Crippen molar-refractivity contribution in [1.29, 1.82) is 0 Å². The number of halogens is 2. The Kier molecular flexibility index (Phi) is 4.01. The lowest BCUT2D eigenvalue weighted by Crippen LogP contribution is -2.13. The number of pyridine rings is 1. The van der Waals surface area contributed by atoms with Crippen LogP contribution >= 0.6 is 23.2 Å². The standard InChI is InChI=1S/C17H12Cl2N2O/c1-10-5-6-11-3-2-4-15(16(11)20-10)21-17(22)13-8-7-12(18)9-14(13)19/h2-9H,1H3,(H,21,22). The Hall–Kier alpha value is -2.10. The Bertz CT molecular complexity index is 878. The van der Waals surface area contributed by atoms with Gasteiger partial charge in [0.25, 0.3) is 5.91 Å². The van der Waals surface area contributed by atoms with E-state index in [2.05, 4.69) is 10.3 Å². The summed E-state index contributed by atoms with van der Waals surface area (Å²) in [4.78, 5) is 16.9. The van der Waals surface area contributed by atoms with Crippen molar-refractivity contribution in [2.75, 3.05) is 5.32 Å². The summed E-state index contributed by atoms with van der Waals surface area (Å²) in [6.45, 7) is 1.91. The number of aryl methyl sites for hydroxylation is 1. The van der Waals surface area contributed by atoms with Gasteiger partial charge < -0.3 is 5.32 Å². The van der Waals surface area contributed by atoms with Gasteiger partial charge >= 0.3 is 0 Å². The Balaban J connectivity index is 1.99. The first kappa shape index (κ1) is 14.8. The molecule has 3 nitrogen and oxygen atoms in total. The van der Waals surface area contributed by atoms with E-state index in [0.29, 0.717) is 21.3 Å². The highest BCUT2D eigenvalue weighted by Crippen LogP contribution is 2.25. The molecular formula is C17H12Cl2N2O. The number of fused-ring (bicyclic) bond motifs is 1. The number of anilines is 1. The zero-order chi connectivity index (χ0) is 15.7. The molecule has 0 atom stereocenters. The summed E-state index contributed by atoms with van der Waals surface area (Å²) in [6.07, 6.45) is 0. The van der Waals surface area contributed by atoms with Crippen molar-refractivity contribution >= 4 is 45.7 Å². The van der Waals surface area contributed by atoms with Crippen LogP contribution in [0.3, 0.4) is 0 Å². The van der Waals surface area contributed by atoms with Gasteiger partial charge in [0.2, 0.25) is 0 Å². The monoisotopic (exact) mass is 330 g/mol. The number of benzene rings is 2. The van der Waals surface area contributed by atoms with E-state index in [0.717, 1.165) is 16.6 Å². The van der Waals surface area contributed by atoms with Crippen molar-refractivity contribution in [3.63, 3.8) is 0 Å². The molecule has 0 spiro atoms. The van der Waals surface area contributed by atoms with Crippen molar-refractivity contribution in [3.8, 4) is 0 Å². The fourth-order valence-electron chi connectivity index (χ4n) is 2.21. The maximum atomic E-state index is 12.4. The van der Waals surface area contributed by atoms with Crippen molar-refractivity contribution in [2.24, 2.45) is 0 Å². The number of nitrogens with one attached hydrogen (secondary N) is 1. The van der Waals surface area contributed by atoms with Gasteiger partial charge in [-0.1, -0.05) is 41.4 Å². The van der Waals surface area contributed by atoms with Crippen LogP contribution in [-0.4, -0.2) is 10.9 Å². The number of nitrogens with zero attached hydrogens (tertiary/aromatic N) is 1. The Morgan fingerprint density at radius 1 is 1.09 bits per heavy atom. The lowest BCUT2D eigenvalue weighted by atomic mass is 10.1. The molecule has 1 aromatic heterocycles. The number of hydrogen-bond donors (Lipinski definition) is 1. The minimum atomic E-state index is -0.294. The van der Waals surface area contributed by atoms with Crippen LogP contribution in [0.5, 0.6) is 0 Å². The molecule has 0 saturated heterocycles. The molecule has 3 rings (SSSR count). The topological polar surface area (TPSA) is 42.0 Å². The number of para-hydroxylation sites is 1. The predicted octanol–water partition coefficient (Wildman–Crippen LogP) is 5.10. The van der Waals surface area contributed by atoms with Crippen LogP contribution < -0.4 is 5.32 Å². The van der Waals surface area contributed by atoms with Crippen molar-refractivity contribution < 1.29 is 4.79 Å².